The fourth-order valence-electron chi connectivity index (χ4n) is 0.906. The average molecular weight is 222 g/mol. The Bertz CT molecular complexity index is 318. The third-order valence-corrected chi connectivity index (χ3v) is 2.13. The lowest BCUT2D eigenvalue weighted by atomic mass is 10.2. The highest BCUT2D eigenvalue weighted by Gasteiger charge is 2.00. The summed E-state index contributed by atoms with van der Waals surface area (Å²) in [4.78, 5) is 0. The molecule has 0 fully saturated rings. The molecule has 2 heteroatoms. The van der Waals surface area contributed by atoms with Crippen LogP contribution >= 0.6 is 11.8 Å². The largest absolute Gasteiger partial charge is 0.451 e. The summed E-state index contributed by atoms with van der Waals surface area (Å²) in [5.41, 5.74) is 0.984. The maximum Gasteiger partial charge on any atom is 0.153 e. The van der Waals surface area contributed by atoms with Gasteiger partial charge in [0.05, 0.1) is 0 Å². The van der Waals surface area contributed by atoms with Crippen LogP contribution in [0, 0.1) is 0 Å². The first kappa shape index (κ1) is 13.8. The number of hydrogen-bond acceptors (Lipinski definition) is 2. The number of para-hydroxylation sites is 1. The molecule has 0 unspecified atom stereocenters. The van der Waals surface area contributed by atoms with Gasteiger partial charge in [0.1, 0.15) is 5.75 Å². The lowest BCUT2D eigenvalue weighted by molar-refractivity contribution is 0.467. The van der Waals surface area contributed by atoms with E-state index in [2.05, 4.69) is 13.2 Å². The summed E-state index contributed by atoms with van der Waals surface area (Å²) in [6.45, 7) is 11.5. The summed E-state index contributed by atoms with van der Waals surface area (Å²) in [5, 5.41) is 0.689. The second-order valence-corrected chi connectivity index (χ2v) is 3.28. The number of rotatable bonds is 4. The van der Waals surface area contributed by atoms with Crippen LogP contribution in [0.3, 0.4) is 0 Å². The van der Waals surface area contributed by atoms with Crippen molar-refractivity contribution in [3.8, 4) is 5.75 Å². The van der Waals surface area contributed by atoms with E-state index in [0.29, 0.717) is 5.09 Å². The van der Waals surface area contributed by atoms with Crippen LogP contribution in [0.15, 0.2) is 42.5 Å². The van der Waals surface area contributed by atoms with Crippen LogP contribution in [0.25, 0.3) is 6.08 Å². The third kappa shape index (κ3) is 4.75. The Morgan fingerprint density at radius 2 is 1.93 bits per heavy atom. The van der Waals surface area contributed by atoms with Crippen LogP contribution in [0.2, 0.25) is 0 Å². The Morgan fingerprint density at radius 3 is 2.47 bits per heavy atom. The summed E-state index contributed by atoms with van der Waals surface area (Å²) in [6, 6.07) is 7.73. The van der Waals surface area contributed by atoms with E-state index >= 15 is 0 Å². The molecule has 15 heavy (non-hydrogen) atoms. The van der Waals surface area contributed by atoms with E-state index in [1.807, 2.05) is 44.4 Å². The van der Waals surface area contributed by atoms with Gasteiger partial charge >= 0.3 is 0 Å². The quantitative estimate of drug-likeness (QED) is 0.690. The van der Waals surface area contributed by atoms with Gasteiger partial charge in [0.2, 0.25) is 0 Å². The van der Waals surface area contributed by atoms with Crippen molar-refractivity contribution in [1.82, 2.24) is 0 Å². The summed E-state index contributed by atoms with van der Waals surface area (Å²) >= 11 is 1.49. The fourth-order valence-corrected chi connectivity index (χ4v) is 1.08. The molecule has 0 saturated carbocycles. The van der Waals surface area contributed by atoms with Crippen molar-refractivity contribution in [2.24, 2.45) is 0 Å². The second-order valence-electron chi connectivity index (χ2n) is 2.42. The smallest absolute Gasteiger partial charge is 0.153 e. The van der Waals surface area contributed by atoms with Crippen molar-refractivity contribution in [3.05, 3.63) is 48.1 Å². The minimum absolute atomic E-state index is 0.689. The van der Waals surface area contributed by atoms with Gasteiger partial charge in [0.25, 0.3) is 0 Å². The standard InChI is InChI=1S/C11H12OS.C2H6/c1-4-10-7-5-6-8-11(10)12-9(2)13-3;1-2/h4-8H,1-2H2,3H3;1-2H3. The van der Waals surface area contributed by atoms with Gasteiger partial charge < -0.3 is 4.74 Å². The first-order valence-electron chi connectivity index (χ1n) is 4.90. The number of thioether (sulfide) groups is 1. The molecule has 0 aromatic heterocycles. The molecular weight excluding hydrogens is 204 g/mol. The third-order valence-electron chi connectivity index (χ3n) is 1.59. The van der Waals surface area contributed by atoms with Crippen LogP contribution in [-0.4, -0.2) is 6.26 Å². The molecule has 1 aromatic rings. The van der Waals surface area contributed by atoms with Crippen LogP contribution in [0.1, 0.15) is 19.4 Å². The van der Waals surface area contributed by atoms with E-state index in [-0.39, 0.29) is 0 Å². The number of benzene rings is 1. The fraction of sp³-hybridized carbons (Fsp3) is 0.231. The Morgan fingerprint density at radius 1 is 1.33 bits per heavy atom. The molecule has 1 aromatic carbocycles. The minimum Gasteiger partial charge on any atom is -0.451 e. The lowest BCUT2D eigenvalue weighted by Crippen LogP contribution is -1.90. The number of ether oxygens (including phenoxy) is 1. The minimum atomic E-state index is 0.689. The molecule has 0 bridgehead atoms. The molecule has 0 N–H and O–H groups in total. The summed E-state index contributed by atoms with van der Waals surface area (Å²) in [6.07, 6.45) is 3.70. The lowest BCUT2D eigenvalue weighted by Gasteiger charge is -2.08. The zero-order valence-electron chi connectivity index (χ0n) is 9.62. The zero-order valence-corrected chi connectivity index (χ0v) is 10.4. The molecule has 0 aliphatic carbocycles. The molecule has 0 aliphatic heterocycles. The SMILES string of the molecule is C=Cc1ccccc1OC(=C)SC.CC. The number of hydrogen-bond donors (Lipinski definition) is 0. The van der Waals surface area contributed by atoms with Crippen molar-refractivity contribution >= 4 is 17.8 Å². The van der Waals surface area contributed by atoms with Crippen LogP contribution < -0.4 is 4.74 Å². The highest BCUT2D eigenvalue weighted by Crippen LogP contribution is 2.23. The zero-order chi connectivity index (χ0) is 11.7. The second kappa shape index (κ2) is 8.18. The molecule has 1 rings (SSSR count). The van der Waals surface area contributed by atoms with Gasteiger partial charge in [-0.2, -0.15) is 0 Å². The van der Waals surface area contributed by atoms with Gasteiger partial charge in [-0.1, -0.05) is 56.5 Å². The Hall–Kier alpha value is -1.15. The first-order chi connectivity index (χ1) is 7.27. The first-order valence-corrected chi connectivity index (χ1v) is 6.12. The molecule has 0 atom stereocenters. The predicted octanol–water partition coefficient (Wildman–Crippen LogP) is 4.57. The summed E-state index contributed by atoms with van der Waals surface area (Å²) < 4.78 is 5.48. The van der Waals surface area contributed by atoms with E-state index in [0.717, 1.165) is 11.3 Å². The van der Waals surface area contributed by atoms with Crippen LogP contribution in [0.4, 0.5) is 0 Å². The molecule has 0 aliphatic rings. The summed E-state index contributed by atoms with van der Waals surface area (Å²) in [5.74, 6) is 0.803. The molecule has 0 spiro atoms. The topological polar surface area (TPSA) is 9.23 Å². The maximum atomic E-state index is 5.48. The van der Waals surface area contributed by atoms with Gasteiger partial charge in [-0.3, -0.25) is 0 Å². The Labute approximate surface area is 96.8 Å². The van der Waals surface area contributed by atoms with E-state index in [1.165, 1.54) is 11.8 Å². The van der Waals surface area contributed by atoms with E-state index in [9.17, 15) is 0 Å². The van der Waals surface area contributed by atoms with E-state index < -0.39 is 0 Å². The predicted molar refractivity (Wildman–Crippen MR) is 71.2 cm³/mol. The van der Waals surface area contributed by atoms with Crippen LogP contribution in [0.5, 0.6) is 5.75 Å². The van der Waals surface area contributed by atoms with Crippen molar-refractivity contribution in [2.45, 2.75) is 13.8 Å². The normalized spacial score (nSPS) is 8.47. The highest BCUT2D eigenvalue weighted by atomic mass is 32.2. The average Bonchev–Trinajstić information content (AvgIpc) is 2.32. The monoisotopic (exact) mass is 222 g/mol. The van der Waals surface area contributed by atoms with Gasteiger partial charge in [0, 0.05) is 5.56 Å². The molecule has 0 amide bonds. The summed E-state index contributed by atoms with van der Waals surface area (Å²) in [7, 11) is 0. The van der Waals surface area contributed by atoms with Gasteiger partial charge in [-0.15, -0.1) is 0 Å². The van der Waals surface area contributed by atoms with Gasteiger partial charge in [-0.05, 0) is 18.9 Å². The molecule has 0 saturated heterocycles. The molecular formula is C13H18OS. The van der Waals surface area contributed by atoms with E-state index in [4.69, 9.17) is 4.74 Å². The van der Waals surface area contributed by atoms with E-state index in [1.54, 1.807) is 6.08 Å². The highest BCUT2D eigenvalue weighted by molar-refractivity contribution is 8.02. The van der Waals surface area contributed by atoms with Crippen LogP contribution in [-0.2, 0) is 0 Å². The Kier molecular flexibility index (Phi) is 7.56. The molecule has 1 nitrogen and oxygen atoms in total. The molecule has 0 radical (unpaired) electrons. The van der Waals surface area contributed by atoms with Crippen molar-refractivity contribution in [1.29, 1.82) is 0 Å². The van der Waals surface area contributed by atoms with Gasteiger partial charge in [0.15, 0.2) is 5.09 Å². The maximum absolute atomic E-state index is 5.48. The molecule has 82 valence electrons. The van der Waals surface area contributed by atoms with Crippen molar-refractivity contribution in [2.75, 3.05) is 6.26 Å². The van der Waals surface area contributed by atoms with Crippen molar-refractivity contribution < 1.29 is 4.74 Å². The Balaban J connectivity index is 0.000000921. The molecule has 0 heterocycles. The van der Waals surface area contributed by atoms with Crippen molar-refractivity contribution in [3.63, 3.8) is 0 Å². The van der Waals surface area contributed by atoms with Gasteiger partial charge in [-0.25, -0.2) is 0 Å².